The quantitative estimate of drug-likeness (QED) is 0.675. The van der Waals surface area contributed by atoms with E-state index in [2.05, 4.69) is 44.2 Å². The second-order valence-electron chi connectivity index (χ2n) is 3.97. The van der Waals surface area contributed by atoms with E-state index in [1.165, 1.54) is 11.5 Å². The van der Waals surface area contributed by atoms with E-state index < -0.39 is 0 Å². The lowest BCUT2D eigenvalue weighted by atomic mass is 9.78. The molecule has 2 unspecified atom stereocenters. The molecule has 0 saturated heterocycles. The van der Waals surface area contributed by atoms with Crippen LogP contribution in [0.5, 0.6) is 0 Å². The standard InChI is InChI=1S/C15H14/c1-12-8-6-7-11-15(12)13(2)14-9-4-3-5-10-14/h3-4,6,8,10-11,13,15H,1-2H3. The molecular weight excluding hydrogens is 180 g/mol. The van der Waals surface area contributed by atoms with Crippen LogP contribution in [0.4, 0.5) is 0 Å². The molecule has 74 valence electrons. The highest BCUT2D eigenvalue weighted by molar-refractivity contribution is 5.29. The highest BCUT2D eigenvalue weighted by Gasteiger charge is 2.22. The third kappa shape index (κ3) is 2.20. The summed E-state index contributed by atoms with van der Waals surface area (Å²) in [5.74, 6) is 2.28. The zero-order chi connectivity index (χ0) is 10.7. The highest BCUT2D eigenvalue weighted by Crippen LogP contribution is 2.34. The van der Waals surface area contributed by atoms with Gasteiger partial charge in [-0.15, -0.1) is 0 Å². The van der Waals surface area contributed by atoms with Crippen molar-refractivity contribution in [2.24, 2.45) is 5.92 Å². The van der Waals surface area contributed by atoms with Gasteiger partial charge >= 0.3 is 0 Å². The number of rotatable bonds is 2. The summed E-state index contributed by atoms with van der Waals surface area (Å²) in [6, 6.07) is 12.2. The topological polar surface area (TPSA) is 0 Å². The molecule has 0 spiro atoms. The van der Waals surface area contributed by atoms with Crippen LogP contribution in [0.25, 0.3) is 0 Å². The van der Waals surface area contributed by atoms with Crippen molar-refractivity contribution in [2.75, 3.05) is 0 Å². The summed E-state index contributed by atoms with van der Waals surface area (Å²) in [4.78, 5) is 0. The minimum atomic E-state index is 0.444. The molecule has 0 fully saturated rings. The molecule has 2 rings (SSSR count). The third-order valence-electron chi connectivity index (χ3n) is 2.94. The van der Waals surface area contributed by atoms with E-state index in [0.717, 1.165) is 0 Å². The fraction of sp³-hybridized carbons (Fsp3) is 0.267. The van der Waals surface area contributed by atoms with Crippen molar-refractivity contribution in [1.82, 2.24) is 0 Å². The summed E-state index contributed by atoms with van der Waals surface area (Å²) in [5, 5.41) is 0. The Morgan fingerprint density at radius 2 is 2.20 bits per heavy atom. The van der Waals surface area contributed by atoms with Crippen LogP contribution in [0.1, 0.15) is 25.3 Å². The van der Waals surface area contributed by atoms with E-state index in [-0.39, 0.29) is 0 Å². The fourth-order valence-corrected chi connectivity index (χ4v) is 1.94. The predicted molar refractivity (Wildman–Crippen MR) is 61.9 cm³/mol. The zero-order valence-electron chi connectivity index (χ0n) is 9.12. The summed E-state index contributed by atoms with van der Waals surface area (Å²) in [7, 11) is 0. The number of allylic oxidation sites excluding steroid dienone is 4. The van der Waals surface area contributed by atoms with Gasteiger partial charge in [-0.05, 0) is 35.6 Å². The maximum Gasteiger partial charge on any atom is 0.00198 e. The van der Waals surface area contributed by atoms with Gasteiger partial charge in [-0.2, -0.15) is 0 Å². The van der Waals surface area contributed by atoms with E-state index in [4.69, 9.17) is 0 Å². The molecule has 0 amide bonds. The van der Waals surface area contributed by atoms with Crippen molar-refractivity contribution >= 4 is 0 Å². The Balaban J connectivity index is 2.18. The minimum Gasteiger partial charge on any atom is -0.0765 e. The molecule has 4 radical (unpaired) electrons. The first kappa shape index (κ1) is 10.2. The molecule has 0 aromatic heterocycles. The van der Waals surface area contributed by atoms with E-state index in [1.807, 2.05) is 24.3 Å². The van der Waals surface area contributed by atoms with Crippen molar-refractivity contribution in [3.63, 3.8) is 0 Å². The highest BCUT2D eigenvalue weighted by atomic mass is 14.3. The minimum absolute atomic E-state index is 0.444. The van der Waals surface area contributed by atoms with Gasteiger partial charge in [-0.25, -0.2) is 0 Å². The van der Waals surface area contributed by atoms with E-state index >= 15 is 0 Å². The summed E-state index contributed by atoms with van der Waals surface area (Å²) >= 11 is 0. The third-order valence-corrected chi connectivity index (χ3v) is 2.94. The molecule has 0 nitrogen and oxygen atoms in total. The number of hydrogen-bond acceptors (Lipinski definition) is 0. The molecule has 0 saturated carbocycles. The lowest BCUT2D eigenvalue weighted by Gasteiger charge is -2.26. The van der Waals surface area contributed by atoms with Gasteiger partial charge in [-0.1, -0.05) is 50.3 Å². The van der Waals surface area contributed by atoms with Gasteiger partial charge in [0.05, 0.1) is 0 Å². The summed E-state index contributed by atoms with van der Waals surface area (Å²) in [6.45, 7) is 4.40. The van der Waals surface area contributed by atoms with Crippen LogP contribution in [-0.2, 0) is 0 Å². The Morgan fingerprint density at radius 1 is 1.33 bits per heavy atom. The van der Waals surface area contributed by atoms with Crippen molar-refractivity contribution in [3.8, 4) is 0 Å². The van der Waals surface area contributed by atoms with Crippen molar-refractivity contribution in [2.45, 2.75) is 19.8 Å². The molecule has 0 aliphatic heterocycles. The van der Waals surface area contributed by atoms with E-state index in [1.54, 1.807) is 0 Å². The maximum atomic E-state index is 3.27. The average molecular weight is 194 g/mol. The first-order chi connectivity index (χ1) is 7.29. The molecule has 1 aliphatic rings. The lowest BCUT2D eigenvalue weighted by molar-refractivity contribution is 0.571. The molecule has 2 atom stereocenters. The Hall–Kier alpha value is -1.30. The largest absolute Gasteiger partial charge is 0.0765 e. The predicted octanol–water partition coefficient (Wildman–Crippen LogP) is 3.53. The normalized spacial score (nSPS) is 22.9. The molecule has 0 heteroatoms. The molecule has 1 aliphatic carbocycles. The second-order valence-corrected chi connectivity index (χ2v) is 3.97. The van der Waals surface area contributed by atoms with Crippen LogP contribution >= 0.6 is 0 Å². The zero-order valence-corrected chi connectivity index (χ0v) is 9.12. The summed E-state index contributed by atoms with van der Waals surface area (Å²) < 4.78 is 0. The molecule has 1 aromatic rings. The first-order valence-corrected chi connectivity index (χ1v) is 5.26. The number of hydrogen-bond donors (Lipinski definition) is 0. The molecule has 0 N–H and O–H groups in total. The van der Waals surface area contributed by atoms with Crippen LogP contribution in [0.2, 0.25) is 0 Å². The van der Waals surface area contributed by atoms with Crippen molar-refractivity contribution in [3.05, 3.63) is 66.1 Å². The van der Waals surface area contributed by atoms with Gasteiger partial charge in [0.25, 0.3) is 0 Å². The Bertz CT molecular complexity index is 359. The Labute approximate surface area is 92.3 Å². The van der Waals surface area contributed by atoms with Crippen LogP contribution in [0.3, 0.4) is 0 Å². The van der Waals surface area contributed by atoms with Gasteiger partial charge in [0, 0.05) is 5.92 Å². The van der Waals surface area contributed by atoms with Gasteiger partial charge in [0.15, 0.2) is 0 Å². The molecule has 0 bridgehead atoms. The van der Waals surface area contributed by atoms with E-state index in [0.29, 0.717) is 11.8 Å². The first-order valence-electron chi connectivity index (χ1n) is 5.26. The Morgan fingerprint density at radius 3 is 2.87 bits per heavy atom. The Kier molecular flexibility index (Phi) is 3.05. The summed E-state index contributed by atoms with van der Waals surface area (Å²) in [5.41, 5.74) is 1.22. The smallest absolute Gasteiger partial charge is 0.00198 e. The molecular formula is C15H14. The molecule has 0 heterocycles. The molecule has 15 heavy (non-hydrogen) atoms. The van der Waals surface area contributed by atoms with Crippen molar-refractivity contribution in [1.29, 1.82) is 0 Å². The maximum absolute atomic E-state index is 3.27. The fourth-order valence-electron chi connectivity index (χ4n) is 1.94. The van der Waals surface area contributed by atoms with Crippen LogP contribution < -0.4 is 0 Å². The van der Waals surface area contributed by atoms with Gasteiger partial charge in [0.1, 0.15) is 0 Å². The van der Waals surface area contributed by atoms with Crippen LogP contribution in [0.15, 0.2) is 36.4 Å². The molecule has 1 aromatic carbocycles. The monoisotopic (exact) mass is 194 g/mol. The van der Waals surface area contributed by atoms with Gasteiger partial charge < -0.3 is 0 Å². The summed E-state index contributed by atoms with van der Waals surface area (Å²) in [6.07, 6.45) is 9.41. The van der Waals surface area contributed by atoms with Crippen LogP contribution in [-0.4, -0.2) is 0 Å². The van der Waals surface area contributed by atoms with Gasteiger partial charge in [-0.3, -0.25) is 0 Å². The SMILES string of the molecule is C[C]1C=C[C]=CC1C(C)c1[c]cc[c]c1. The van der Waals surface area contributed by atoms with Crippen molar-refractivity contribution < 1.29 is 0 Å². The lowest BCUT2D eigenvalue weighted by Crippen LogP contribution is -2.15. The van der Waals surface area contributed by atoms with E-state index in [9.17, 15) is 0 Å². The average Bonchev–Trinajstić information content (AvgIpc) is 2.30. The van der Waals surface area contributed by atoms with Crippen LogP contribution in [0, 0.1) is 30.0 Å². The number of benzene rings is 1. The second kappa shape index (κ2) is 4.48. The van der Waals surface area contributed by atoms with Gasteiger partial charge in [0.2, 0.25) is 0 Å².